The highest BCUT2D eigenvalue weighted by Crippen LogP contribution is 2.40. The minimum Gasteiger partial charge on any atom is -0.450 e. The number of hydrogen-bond donors (Lipinski definition) is 0. The Bertz CT molecular complexity index is 891. The molecule has 1 amide bonds. The quantitative estimate of drug-likeness (QED) is 0.527. The van der Waals surface area contributed by atoms with E-state index in [2.05, 4.69) is 22.9 Å². The van der Waals surface area contributed by atoms with Crippen molar-refractivity contribution >= 4 is 50.5 Å². The van der Waals surface area contributed by atoms with Gasteiger partial charge >= 0.3 is 0 Å². The van der Waals surface area contributed by atoms with Gasteiger partial charge in [-0.15, -0.1) is 0 Å². The van der Waals surface area contributed by atoms with Crippen LogP contribution in [0.1, 0.15) is 38.4 Å². The van der Waals surface area contributed by atoms with E-state index in [1.54, 1.807) is 0 Å². The van der Waals surface area contributed by atoms with Gasteiger partial charge in [0.15, 0.2) is 9.84 Å². The van der Waals surface area contributed by atoms with E-state index < -0.39 is 0 Å². The number of halogens is 1. The van der Waals surface area contributed by atoms with E-state index in [4.69, 9.17) is 9.41 Å². The van der Waals surface area contributed by atoms with Crippen LogP contribution in [-0.4, -0.2) is 22.0 Å². The van der Waals surface area contributed by atoms with Crippen molar-refractivity contribution in [1.82, 2.24) is 4.90 Å². The number of aliphatic imine (C=N–C) groups is 1. The first-order chi connectivity index (χ1) is 13.1. The van der Waals surface area contributed by atoms with Gasteiger partial charge in [-0.2, -0.15) is 0 Å². The van der Waals surface area contributed by atoms with Crippen LogP contribution in [-0.2, 0) is 4.79 Å². The molecule has 2 aromatic rings. The first-order valence-electron chi connectivity index (χ1n) is 9.24. The minimum absolute atomic E-state index is 0.0287. The van der Waals surface area contributed by atoms with Gasteiger partial charge in [-0.25, -0.2) is 4.99 Å². The van der Waals surface area contributed by atoms with E-state index in [1.165, 1.54) is 18.2 Å². The number of rotatable bonds is 3. The van der Waals surface area contributed by atoms with E-state index in [0.717, 1.165) is 30.1 Å². The molecule has 6 heteroatoms. The summed E-state index contributed by atoms with van der Waals surface area (Å²) in [7, 11) is 0. The van der Waals surface area contributed by atoms with Crippen LogP contribution in [0.15, 0.2) is 61.4 Å². The van der Waals surface area contributed by atoms with E-state index in [9.17, 15) is 4.79 Å². The Balaban J connectivity index is 1.71. The van der Waals surface area contributed by atoms with Crippen molar-refractivity contribution < 1.29 is 9.21 Å². The predicted molar refractivity (Wildman–Crippen MR) is 114 cm³/mol. The number of amidine groups is 1. The Hall–Kier alpha value is -1.79. The largest absolute Gasteiger partial charge is 0.450 e. The second-order valence-corrected chi connectivity index (χ2v) is 8.78. The molecule has 1 saturated heterocycles. The molecule has 2 aliphatic rings. The molecule has 2 fully saturated rings. The van der Waals surface area contributed by atoms with Crippen LogP contribution in [0, 0.1) is 5.92 Å². The fourth-order valence-corrected chi connectivity index (χ4v) is 5.03. The fraction of sp³-hybridized carbons (Fsp3) is 0.333. The molecule has 1 aromatic carbocycles. The predicted octanol–water partition coefficient (Wildman–Crippen LogP) is 6.22. The van der Waals surface area contributed by atoms with E-state index in [0.29, 0.717) is 21.3 Å². The third-order valence-corrected chi connectivity index (χ3v) is 6.49. The Kier molecular flexibility index (Phi) is 5.55. The summed E-state index contributed by atoms with van der Waals surface area (Å²) in [5.74, 6) is 1.16. The van der Waals surface area contributed by atoms with Gasteiger partial charge in [0.2, 0.25) is 0 Å². The van der Waals surface area contributed by atoms with Gasteiger partial charge < -0.3 is 4.42 Å². The monoisotopic (exact) mass is 444 g/mol. The lowest BCUT2D eigenvalue weighted by Crippen LogP contribution is -2.44. The molecule has 2 atom stereocenters. The molecule has 140 valence electrons. The van der Waals surface area contributed by atoms with Gasteiger partial charge in [0.1, 0.15) is 5.76 Å². The third-order valence-electron chi connectivity index (χ3n) is 5.08. The lowest BCUT2D eigenvalue weighted by Gasteiger charge is -2.35. The number of amides is 1. The number of nitrogens with zero attached hydrogens (tertiary/aromatic N) is 2. The van der Waals surface area contributed by atoms with Crippen LogP contribution < -0.4 is 0 Å². The summed E-state index contributed by atoms with van der Waals surface area (Å²) in [6.45, 7) is 2.24. The zero-order chi connectivity index (χ0) is 18.8. The molecule has 2 heterocycles. The van der Waals surface area contributed by atoms with E-state index in [1.807, 2.05) is 53.4 Å². The second-order valence-electron chi connectivity index (χ2n) is 6.99. The van der Waals surface area contributed by atoms with Crippen LogP contribution in [0.5, 0.6) is 0 Å². The topological polar surface area (TPSA) is 45.8 Å². The van der Waals surface area contributed by atoms with Crippen LogP contribution in [0.2, 0.25) is 0 Å². The zero-order valence-electron chi connectivity index (χ0n) is 15.1. The van der Waals surface area contributed by atoms with Gasteiger partial charge in [0, 0.05) is 12.1 Å². The maximum Gasteiger partial charge on any atom is 0.267 e. The second kappa shape index (κ2) is 8.07. The third kappa shape index (κ3) is 4.06. The van der Waals surface area contributed by atoms with E-state index in [-0.39, 0.29) is 11.9 Å². The first-order valence-corrected chi connectivity index (χ1v) is 10.8. The zero-order valence-corrected chi connectivity index (χ0v) is 17.5. The van der Waals surface area contributed by atoms with Gasteiger partial charge in [0.05, 0.1) is 10.6 Å². The molecule has 1 aliphatic heterocycles. The van der Waals surface area contributed by atoms with Crippen molar-refractivity contribution in [1.29, 1.82) is 0 Å². The molecule has 1 saturated carbocycles. The smallest absolute Gasteiger partial charge is 0.267 e. The van der Waals surface area contributed by atoms with Crippen molar-refractivity contribution in [3.63, 3.8) is 0 Å². The maximum absolute atomic E-state index is 13.3. The highest BCUT2D eigenvalue weighted by molar-refractivity contribution is 9.10. The van der Waals surface area contributed by atoms with Crippen molar-refractivity contribution in [2.45, 2.75) is 38.6 Å². The van der Waals surface area contributed by atoms with Crippen LogP contribution in [0.4, 0.5) is 5.69 Å². The average molecular weight is 445 g/mol. The number of thioether (sulfide) groups is 1. The fourth-order valence-electron chi connectivity index (χ4n) is 3.69. The summed E-state index contributed by atoms with van der Waals surface area (Å²) in [4.78, 5) is 20.6. The molecule has 4 rings (SSSR count). The lowest BCUT2D eigenvalue weighted by molar-refractivity contribution is -0.124. The summed E-state index contributed by atoms with van der Waals surface area (Å²) in [5, 5.41) is 0.766. The summed E-state index contributed by atoms with van der Waals surface area (Å²) >= 11 is 4.75. The van der Waals surface area contributed by atoms with Crippen molar-refractivity contribution in [2.75, 3.05) is 0 Å². The Morgan fingerprint density at radius 3 is 2.67 bits per heavy atom. The Morgan fingerprint density at radius 2 is 1.96 bits per heavy atom. The van der Waals surface area contributed by atoms with Crippen LogP contribution >= 0.6 is 27.7 Å². The highest BCUT2D eigenvalue weighted by atomic mass is 79.9. The minimum atomic E-state index is 0.0287. The Morgan fingerprint density at radius 1 is 1.19 bits per heavy atom. The molecule has 0 radical (unpaired) electrons. The summed E-state index contributed by atoms with van der Waals surface area (Å²) in [5.41, 5.74) is 0.864. The molecule has 0 spiro atoms. The number of hydrogen-bond acceptors (Lipinski definition) is 4. The standard InChI is InChI=1S/C21H21BrN2O2S/c1-14-7-5-6-10-17(14)24-20(25)18(13-16-11-12-19(22)26-16)27-21(24)23-15-8-3-2-4-9-15/h2-4,8-9,11-14,17H,5-7,10H2,1H3/b18-13-,23-21?/t14-,17-/m0/s1. The molecule has 0 N–H and O–H groups in total. The molecule has 0 unspecified atom stereocenters. The van der Waals surface area contributed by atoms with Crippen LogP contribution in [0.25, 0.3) is 6.08 Å². The summed E-state index contributed by atoms with van der Waals surface area (Å²) < 4.78 is 6.22. The van der Waals surface area contributed by atoms with Gasteiger partial charge in [-0.05, 0) is 70.7 Å². The Labute approximate surface area is 171 Å². The van der Waals surface area contributed by atoms with Crippen molar-refractivity contribution in [3.8, 4) is 0 Å². The molecule has 0 bridgehead atoms. The maximum atomic E-state index is 13.3. The summed E-state index contributed by atoms with van der Waals surface area (Å²) in [6.07, 6.45) is 6.39. The van der Waals surface area contributed by atoms with Gasteiger partial charge in [0.25, 0.3) is 5.91 Å². The van der Waals surface area contributed by atoms with Crippen molar-refractivity contribution in [3.05, 3.63) is 57.8 Å². The number of para-hydroxylation sites is 1. The number of benzene rings is 1. The number of carbonyl (C=O) groups excluding carboxylic acids is 1. The number of carbonyl (C=O) groups is 1. The SMILES string of the molecule is C[C@H]1CCCC[C@@H]1N1C(=O)/C(=C/c2ccc(Br)o2)SC1=Nc1ccccc1. The normalized spacial score (nSPS) is 26.3. The lowest BCUT2D eigenvalue weighted by atomic mass is 9.85. The van der Waals surface area contributed by atoms with Crippen LogP contribution in [0.3, 0.4) is 0 Å². The average Bonchev–Trinajstić information content (AvgIpc) is 3.20. The van der Waals surface area contributed by atoms with Gasteiger partial charge in [-0.1, -0.05) is 38.0 Å². The molecule has 1 aliphatic carbocycles. The highest BCUT2D eigenvalue weighted by Gasteiger charge is 2.41. The summed E-state index contributed by atoms with van der Waals surface area (Å²) in [6, 6.07) is 13.7. The molecule has 27 heavy (non-hydrogen) atoms. The van der Waals surface area contributed by atoms with Gasteiger partial charge in [-0.3, -0.25) is 9.69 Å². The molecular formula is C21H21BrN2O2S. The van der Waals surface area contributed by atoms with E-state index >= 15 is 0 Å². The first kappa shape index (κ1) is 18.6. The molecule has 1 aromatic heterocycles. The molecular weight excluding hydrogens is 424 g/mol. The molecule has 4 nitrogen and oxygen atoms in total. The van der Waals surface area contributed by atoms with Crippen molar-refractivity contribution in [2.24, 2.45) is 10.9 Å². The number of furan rings is 1.